The van der Waals surface area contributed by atoms with E-state index in [9.17, 15) is 18.0 Å². The minimum atomic E-state index is -4.88. The molecule has 2 aromatic rings. The molecule has 158 valence electrons. The van der Waals surface area contributed by atoms with Gasteiger partial charge in [0.1, 0.15) is 12.4 Å². The molecule has 2 rings (SSSR count). The van der Waals surface area contributed by atoms with Crippen LogP contribution in [-0.2, 0) is 4.79 Å². The van der Waals surface area contributed by atoms with Gasteiger partial charge in [0, 0.05) is 24.7 Å². The Morgan fingerprint density at radius 3 is 2.62 bits per heavy atom. The van der Waals surface area contributed by atoms with Crippen LogP contribution in [0.15, 0.2) is 36.5 Å². The summed E-state index contributed by atoms with van der Waals surface area (Å²) in [4.78, 5) is 15.3. The standard InChI is InChI=1S/C20H24F3N3O3/c1-12(2)9-15(24)11-28-19-16(5-4-6-17(19)29-20(21,22)23)14-7-8-25-18(10-14)26-13(3)27/h4-8,10,12,15H,9,11,24H2,1-3H3,(H,25,26,27). The Morgan fingerprint density at radius 1 is 1.28 bits per heavy atom. The van der Waals surface area contributed by atoms with Crippen molar-refractivity contribution in [1.82, 2.24) is 4.98 Å². The Labute approximate surface area is 167 Å². The molecule has 1 unspecified atom stereocenters. The van der Waals surface area contributed by atoms with E-state index in [4.69, 9.17) is 10.5 Å². The second kappa shape index (κ2) is 9.60. The lowest BCUT2D eigenvalue weighted by atomic mass is 10.0. The molecule has 0 spiro atoms. The summed E-state index contributed by atoms with van der Waals surface area (Å²) < 4.78 is 48.5. The Kier molecular flexibility index (Phi) is 7.44. The number of hydrogen-bond donors (Lipinski definition) is 2. The molecule has 1 amide bonds. The third-order valence-electron chi connectivity index (χ3n) is 3.80. The van der Waals surface area contributed by atoms with Crippen molar-refractivity contribution in [2.24, 2.45) is 11.7 Å². The van der Waals surface area contributed by atoms with Gasteiger partial charge in [-0.05, 0) is 36.1 Å². The van der Waals surface area contributed by atoms with E-state index < -0.39 is 12.1 Å². The molecule has 0 saturated carbocycles. The van der Waals surface area contributed by atoms with E-state index in [0.717, 1.165) is 0 Å². The number of alkyl halides is 3. The van der Waals surface area contributed by atoms with Crippen molar-refractivity contribution < 1.29 is 27.4 Å². The molecule has 0 aliphatic heterocycles. The van der Waals surface area contributed by atoms with Gasteiger partial charge in [0.2, 0.25) is 5.91 Å². The van der Waals surface area contributed by atoms with E-state index in [1.165, 1.54) is 31.3 Å². The topological polar surface area (TPSA) is 86.5 Å². The van der Waals surface area contributed by atoms with E-state index in [-0.39, 0.29) is 30.1 Å². The van der Waals surface area contributed by atoms with Crippen molar-refractivity contribution in [3.8, 4) is 22.6 Å². The molecule has 1 atom stereocenters. The summed E-state index contributed by atoms with van der Waals surface area (Å²) in [6.07, 6.45) is -2.79. The number of rotatable bonds is 8. The van der Waals surface area contributed by atoms with Crippen molar-refractivity contribution in [3.05, 3.63) is 36.5 Å². The summed E-state index contributed by atoms with van der Waals surface area (Å²) >= 11 is 0. The van der Waals surface area contributed by atoms with Gasteiger partial charge in [-0.1, -0.05) is 26.0 Å². The molecule has 6 nitrogen and oxygen atoms in total. The monoisotopic (exact) mass is 411 g/mol. The number of nitrogens with two attached hydrogens (primary N) is 1. The third-order valence-corrected chi connectivity index (χ3v) is 3.80. The smallest absolute Gasteiger partial charge is 0.487 e. The number of hydrogen-bond acceptors (Lipinski definition) is 5. The van der Waals surface area contributed by atoms with E-state index in [1.807, 2.05) is 13.8 Å². The van der Waals surface area contributed by atoms with Crippen molar-refractivity contribution in [1.29, 1.82) is 0 Å². The molecule has 0 fully saturated rings. The predicted molar refractivity (Wildman–Crippen MR) is 104 cm³/mol. The molecule has 29 heavy (non-hydrogen) atoms. The second-order valence-corrected chi connectivity index (χ2v) is 6.99. The van der Waals surface area contributed by atoms with E-state index in [2.05, 4.69) is 15.0 Å². The predicted octanol–water partition coefficient (Wildman–Crippen LogP) is 4.36. The van der Waals surface area contributed by atoms with E-state index >= 15 is 0 Å². The molecule has 1 aromatic heterocycles. The number of nitrogens with one attached hydrogen (secondary N) is 1. The SMILES string of the molecule is CC(=O)Nc1cc(-c2cccc(OC(F)(F)F)c2OCC(N)CC(C)C)ccn1. The van der Waals surface area contributed by atoms with Gasteiger partial charge >= 0.3 is 6.36 Å². The first-order chi connectivity index (χ1) is 13.5. The molecule has 0 radical (unpaired) electrons. The number of carbonyl (C=O) groups is 1. The molecule has 0 aliphatic carbocycles. The van der Waals surface area contributed by atoms with E-state index in [1.54, 1.807) is 12.1 Å². The maximum atomic E-state index is 12.9. The van der Waals surface area contributed by atoms with Crippen molar-refractivity contribution >= 4 is 11.7 Å². The maximum absolute atomic E-state index is 12.9. The van der Waals surface area contributed by atoms with Crippen LogP contribution in [0, 0.1) is 5.92 Å². The Bertz CT molecular complexity index is 841. The summed E-state index contributed by atoms with van der Waals surface area (Å²) in [5, 5.41) is 2.54. The van der Waals surface area contributed by atoms with Crippen molar-refractivity contribution in [3.63, 3.8) is 0 Å². The molecule has 3 N–H and O–H groups in total. The van der Waals surface area contributed by atoms with Crippen LogP contribution >= 0.6 is 0 Å². The number of aromatic nitrogens is 1. The van der Waals surface area contributed by atoms with Gasteiger partial charge in [0.15, 0.2) is 11.5 Å². The fraction of sp³-hybridized carbons (Fsp3) is 0.400. The lowest BCUT2D eigenvalue weighted by Gasteiger charge is -2.20. The summed E-state index contributed by atoms with van der Waals surface area (Å²) in [5.74, 6) is -0.289. The zero-order valence-electron chi connectivity index (χ0n) is 16.4. The quantitative estimate of drug-likeness (QED) is 0.674. The first-order valence-corrected chi connectivity index (χ1v) is 9.06. The van der Waals surface area contributed by atoms with Gasteiger partial charge < -0.3 is 20.5 Å². The molecule has 1 heterocycles. The van der Waals surface area contributed by atoms with Gasteiger partial charge in [0.05, 0.1) is 0 Å². The molecule has 9 heteroatoms. The van der Waals surface area contributed by atoms with Crippen molar-refractivity contribution in [2.45, 2.75) is 39.6 Å². The number of anilines is 1. The van der Waals surface area contributed by atoms with Crippen molar-refractivity contribution in [2.75, 3.05) is 11.9 Å². The lowest BCUT2D eigenvalue weighted by molar-refractivity contribution is -0.275. The van der Waals surface area contributed by atoms with Gasteiger partial charge in [-0.25, -0.2) is 4.98 Å². The van der Waals surface area contributed by atoms with Crippen LogP contribution in [0.5, 0.6) is 11.5 Å². The summed E-state index contributed by atoms with van der Waals surface area (Å²) in [7, 11) is 0. The number of pyridine rings is 1. The largest absolute Gasteiger partial charge is 0.573 e. The number of benzene rings is 1. The van der Waals surface area contributed by atoms with E-state index in [0.29, 0.717) is 23.5 Å². The fourth-order valence-electron chi connectivity index (χ4n) is 2.81. The van der Waals surface area contributed by atoms with Crippen LogP contribution in [0.3, 0.4) is 0 Å². The van der Waals surface area contributed by atoms with Crippen LogP contribution in [-0.4, -0.2) is 29.9 Å². The average Bonchev–Trinajstić information content (AvgIpc) is 2.58. The van der Waals surface area contributed by atoms with Gasteiger partial charge in [-0.15, -0.1) is 13.2 Å². The zero-order valence-corrected chi connectivity index (χ0v) is 16.4. The van der Waals surface area contributed by atoms with Crippen LogP contribution in [0.25, 0.3) is 11.1 Å². The zero-order chi connectivity index (χ0) is 21.6. The number of para-hydroxylation sites is 1. The normalized spacial score (nSPS) is 12.6. The van der Waals surface area contributed by atoms with Gasteiger partial charge in [0.25, 0.3) is 0 Å². The van der Waals surface area contributed by atoms with Crippen LogP contribution < -0.4 is 20.5 Å². The summed E-state index contributed by atoms with van der Waals surface area (Å²) in [6, 6.07) is 6.98. The number of nitrogens with zero attached hydrogens (tertiary/aromatic N) is 1. The highest BCUT2D eigenvalue weighted by atomic mass is 19.4. The number of halogens is 3. The van der Waals surface area contributed by atoms with Gasteiger partial charge in [-0.3, -0.25) is 4.79 Å². The summed E-state index contributed by atoms with van der Waals surface area (Å²) in [6.45, 7) is 5.34. The number of carbonyl (C=O) groups excluding carboxylic acids is 1. The Balaban J connectivity index is 2.42. The highest BCUT2D eigenvalue weighted by Crippen LogP contribution is 2.41. The number of amides is 1. The van der Waals surface area contributed by atoms with Gasteiger partial charge in [-0.2, -0.15) is 0 Å². The van der Waals surface area contributed by atoms with Crippen LogP contribution in [0.1, 0.15) is 27.2 Å². The maximum Gasteiger partial charge on any atom is 0.573 e. The lowest BCUT2D eigenvalue weighted by Crippen LogP contribution is -2.29. The molecule has 0 saturated heterocycles. The minimum absolute atomic E-state index is 0.0209. The highest BCUT2D eigenvalue weighted by molar-refractivity contribution is 5.88. The minimum Gasteiger partial charge on any atom is -0.487 e. The first kappa shape index (κ1) is 22.5. The molecule has 0 aliphatic rings. The fourth-order valence-corrected chi connectivity index (χ4v) is 2.81. The highest BCUT2D eigenvalue weighted by Gasteiger charge is 2.33. The first-order valence-electron chi connectivity index (χ1n) is 9.06. The number of ether oxygens (including phenoxy) is 2. The molecule has 1 aromatic carbocycles. The van der Waals surface area contributed by atoms with Crippen LogP contribution in [0.2, 0.25) is 0 Å². The Hall–Kier alpha value is -2.81. The third kappa shape index (κ3) is 7.26. The Morgan fingerprint density at radius 2 is 2.00 bits per heavy atom. The molecular formula is C20H24F3N3O3. The molecular weight excluding hydrogens is 387 g/mol. The summed E-state index contributed by atoms with van der Waals surface area (Å²) in [5.41, 5.74) is 6.88. The van der Waals surface area contributed by atoms with Crippen LogP contribution in [0.4, 0.5) is 19.0 Å². The second-order valence-electron chi connectivity index (χ2n) is 6.99. The average molecular weight is 411 g/mol. The molecule has 0 bridgehead atoms.